The van der Waals surface area contributed by atoms with Crippen LogP contribution >= 0.6 is 0 Å². The zero-order chi connectivity index (χ0) is 18.8. The second-order valence-corrected chi connectivity index (χ2v) is 7.48. The third-order valence-electron chi connectivity index (χ3n) is 5.60. The molecule has 0 aromatic heterocycles. The van der Waals surface area contributed by atoms with Gasteiger partial charge in [0.15, 0.2) is 6.29 Å². The number of rotatable bonds is 0. The zero-order valence-electron chi connectivity index (χ0n) is 14.8. The summed E-state index contributed by atoms with van der Waals surface area (Å²) in [6.45, 7) is 1.53. The maximum atomic E-state index is 12.2. The van der Waals surface area contributed by atoms with E-state index in [0.717, 1.165) is 6.42 Å². The van der Waals surface area contributed by atoms with Crippen LogP contribution in [0.4, 0.5) is 0 Å². The molecule has 1 aliphatic carbocycles. The van der Waals surface area contributed by atoms with Crippen LogP contribution in [0.3, 0.4) is 0 Å². The summed E-state index contributed by atoms with van der Waals surface area (Å²) in [5.74, 6) is -0.404. The monoisotopic (exact) mass is 372 g/mol. The number of hydrogen-bond donors (Lipinski definition) is 4. The lowest BCUT2D eigenvalue weighted by Crippen LogP contribution is -2.59. The average molecular weight is 372 g/mol. The minimum absolute atomic E-state index is 0.0114. The molecule has 0 radical (unpaired) electrons. The molecule has 8 nitrogen and oxygen atoms in total. The Balaban J connectivity index is 1.77. The van der Waals surface area contributed by atoms with Crippen molar-refractivity contribution in [2.45, 2.75) is 75.5 Å². The number of carbonyl (C=O) groups excluding carboxylic acids is 1. The van der Waals surface area contributed by atoms with Crippen molar-refractivity contribution in [3.63, 3.8) is 0 Å². The van der Waals surface area contributed by atoms with Crippen molar-refractivity contribution in [2.24, 2.45) is 11.8 Å². The Kier molecular flexibility index (Phi) is 6.32. The minimum Gasteiger partial charge on any atom is -0.463 e. The minimum atomic E-state index is -1.46. The maximum absolute atomic E-state index is 12.2. The van der Waals surface area contributed by atoms with E-state index in [2.05, 4.69) is 0 Å². The lowest BCUT2D eigenvalue weighted by Gasteiger charge is -2.40. The molecule has 26 heavy (non-hydrogen) atoms. The van der Waals surface area contributed by atoms with Gasteiger partial charge in [-0.05, 0) is 38.0 Å². The summed E-state index contributed by atoms with van der Waals surface area (Å²) < 4.78 is 16.4. The molecule has 148 valence electrons. The summed E-state index contributed by atoms with van der Waals surface area (Å²) in [7, 11) is 0. The van der Waals surface area contributed by atoms with Crippen molar-refractivity contribution >= 4 is 5.97 Å². The Morgan fingerprint density at radius 1 is 1.04 bits per heavy atom. The maximum Gasteiger partial charge on any atom is 0.306 e. The number of cyclic esters (lactones) is 1. The smallest absolute Gasteiger partial charge is 0.306 e. The van der Waals surface area contributed by atoms with E-state index in [1.807, 2.05) is 6.08 Å². The van der Waals surface area contributed by atoms with E-state index >= 15 is 0 Å². The Morgan fingerprint density at radius 3 is 2.58 bits per heavy atom. The Hall–Kier alpha value is -1.03. The Morgan fingerprint density at radius 2 is 1.81 bits per heavy atom. The van der Waals surface area contributed by atoms with Gasteiger partial charge in [0, 0.05) is 6.42 Å². The number of ether oxygens (including phenoxy) is 3. The van der Waals surface area contributed by atoms with Crippen LogP contribution in [0.25, 0.3) is 0 Å². The molecule has 2 aliphatic heterocycles. The normalized spacial score (nSPS) is 47.7. The van der Waals surface area contributed by atoms with Gasteiger partial charge in [0.25, 0.3) is 0 Å². The van der Waals surface area contributed by atoms with Gasteiger partial charge in [0.1, 0.15) is 31.0 Å². The van der Waals surface area contributed by atoms with E-state index in [9.17, 15) is 25.2 Å². The lowest BCUT2D eigenvalue weighted by atomic mass is 9.89. The predicted molar refractivity (Wildman–Crippen MR) is 88.8 cm³/mol. The van der Waals surface area contributed by atoms with Crippen molar-refractivity contribution in [3.05, 3.63) is 12.2 Å². The van der Waals surface area contributed by atoms with Gasteiger partial charge in [0.05, 0.1) is 12.2 Å². The highest BCUT2D eigenvalue weighted by atomic mass is 16.7. The van der Waals surface area contributed by atoms with Crippen LogP contribution in [0.5, 0.6) is 0 Å². The Bertz CT molecular complexity index is 523. The quantitative estimate of drug-likeness (QED) is 0.331. The van der Waals surface area contributed by atoms with Gasteiger partial charge in [-0.1, -0.05) is 12.2 Å². The highest BCUT2D eigenvalue weighted by Crippen LogP contribution is 2.37. The molecular formula is C18H28O8. The molecule has 4 N–H and O–H groups in total. The molecule has 2 bridgehead atoms. The van der Waals surface area contributed by atoms with Gasteiger partial charge in [-0.15, -0.1) is 0 Å². The average Bonchev–Trinajstić information content (AvgIpc) is 2.94. The van der Waals surface area contributed by atoms with E-state index in [4.69, 9.17) is 14.2 Å². The largest absolute Gasteiger partial charge is 0.463 e. The molecule has 1 saturated carbocycles. The number of hydrogen-bond acceptors (Lipinski definition) is 8. The van der Waals surface area contributed by atoms with Crippen molar-refractivity contribution in [1.29, 1.82) is 0 Å². The van der Waals surface area contributed by atoms with E-state index in [1.165, 1.54) is 0 Å². The van der Waals surface area contributed by atoms with Crippen LogP contribution in [0.15, 0.2) is 12.2 Å². The standard InChI is InChI=1S/C18H28O8/c1-9-3-2-4-11-10(5-6-12(11)19)7-14(20)24-8-13-15(21)16(22)17(23)18(25-9)26-13/h2-3,9-13,15-19,21-23H,4-8H2,1H3/t9-,10-,11-,12-,13+,15+,16-,17+,18+/m0/s1. The van der Waals surface area contributed by atoms with Crippen LogP contribution in [0.1, 0.15) is 32.6 Å². The van der Waals surface area contributed by atoms with Crippen LogP contribution in [0.2, 0.25) is 0 Å². The molecule has 2 heterocycles. The second-order valence-electron chi connectivity index (χ2n) is 7.48. The molecule has 3 rings (SSSR count). The van der Waals surface area contributed by atoms with Crippen molar-refractivity contribution < 1.29 is 39.4 Å². The predicted octanol–water partition coefficient (Wildman–Crippen LogP) is -0.521. The molecule has 1 saturated heterocycles. The SMILES string of the molecule is C[C@H]1C=CC[C@H]2[C@@H](CC[C@@H]2O)CC(=O)OC[C@H]2O[C@@H](O1)[C@H](O)[C@@H](O)[C@@H]2O. The first kappa shape index (κ1) is 19.7. The topological polar surface area (TPSA) is 126 Å². The number of aliphatic hydroxyl groups is 4. The highest BCUT2D eigenvalue weighted by Gasteiger charge is 2.45. The van der Waals surface area contributed by atoms with Gasteiger partial charge in [-0.3, -0.25) is 4.79 Å². The molecule has 0 aromatic carbocycles. The van der Waals surface area contributed by atoms with Crippen molar-refractivity contribution in [3.8, 4) is 0 Å². The number of esters is 1. The molecule has 2 fully saturated rings. The van der Waals surface area contributed by atoms with Gasteiger partial charge >= 0.3 is 5.97 Å². The molecule has 9 atom stereocenters. The van der Waals surface area contributed by atoms with Crippen molar-refractivity contribution in [2.75, 3.05) is 6.61 Å². The van der Waals surface area contributed by atoms with E-state index in [-0.39, 0.29) is 24.9 Å². The van der Waals surface area contributed by atoms with Gasteiger partial charge in [0.2, 0.25) is 0 Å². The second kappa shape index (κ2) is 8.33. The third kappa shape index (κ3) is 4.27. The number of fused-ring (bicyclic) bond motifs is 3. The number of carbonyl (C=O) groups is 1. The molecule has 0 amide bonds. The molecule has 8 heteroatoms. The highest BCUT2D eigenvalue weighted by molar-refractivity contribution is 5.69. The molecule has 0 unspecified atom stereocenters. The lowest BCUT2D eigenvalue weighted by molar-refractivity contribution is -0.307. The van der Waals surface area contributed by atoms with Gasteiger partial charge < -0.3 is 34.6 Å². The molecule has 3 aliphatic rings. The van der Waals surface area contributed by atoms with Crippen LogP contribution in [0, 0.1) is 11.8 Å². The fraction of sp³-hybridized carbons (Fsp3) is 0.833. The van der Waals surface area contributed by atoms with E-state index < -0.39 is 48.9 Å². The zero-order valence-corrected chi connectivity index (χ0v) is 14.8. The summed E-state index contributed by atoms with van der Waals surface area (Å²) >= 11 is 0. The first-order valence-electron chi connectivity index (χ1n) is 9.22. The fourth-order valence-corrected chi connectivity index (χ4v) is 4.03. The summed E-state index contributed by atoms with van der Waals surface area (Å²) in [6.07, 6.45) is -1.33. The molecule has 0 spiro atoms. The first-order chi connectivity index (χ1) is 12.4. The molecule has 0 aromatic rings. The van der Waals surface area contributed by atoms with Crippen LogP contribution < -0.4 is 0 Å². The van der Waals surface area contributed by atoms with Gasteiger partial charge in [-0.2, -0.15) is 0 Å². The summed E-state index contributed by atoms with van der Waals surface area (Å²) in [5, 5.41) is 40.3. The first-order valence-corrected chi connectivity index (χ1v) is 9.22. The third-order valence-corrected chi connectivity index (χ3v) is 5.60. The number of allylic oxidation sites excluding steroid dienone is 1. The molecular weight excluding hydrogens is 344 g/mol. The van der Waals surface area contributed by atoms with Crippen LogP contribution in [-0.2, 0) is 19.0 Å². The summed E-state index contributed by atoms with van der Waals surface area (Å²) in [4.78, 5) is 12.2. The van der Waals surface area contributed by atoms with E-state index in [1.54, 1.807) is 13.0 Å². The number of aliphatic hydroxyl groups excluding tert-OH is 4. The Labute approximate surface area is 152 Å². The van der Waals surface area contributed by atoms with Crippen molar-refractivity contribution in [1.82, 2.24) is 0 Å². The van der Waals surface area contributed by atoms with Crippen LogP contribution in [-0.4, -0.2) is 75.9 Å². The van der Waals surface area contributed by atoms with Gasteiger partial charge in [-0.25, -0.2) is 0 Å². The summed E-state index contributed by atoms with van der Waals surface area (Å²) in [6, 6.07) is 0. The van der Waals surface area contributed by atoms with E-state index in [0.29, 0.717) is 12.8 Å². The summed E-state index contributed by atoms with van der Waals surface area (Å²) in [5.41, 5.74) is 0. The fourth-order valence-electron chi connectivity index (χ4n) is 4.03.